The fraction of sp³-hybridized carbons (Fsp3) is 0.231. The van der Waals surface area contributed by atoms with Gasteiger partial charge in [0, 0.05) is 30.6 Å². The third-order valence-electron chi connectivity index (χ3n) is 2.81. The molecule has 0 bridgehead atoms. The standard InChI is InChI=1S/C13H13N3O/c1-16(9-14)13(17)7-6-10-8-15-12-5-3-2-4-11(10)12/h2-5,8,15H,6-7H2,1H3. The van der Waals surface area contributed by atoms with Crippen LogP contribution in [0.3, 0.4) is 0 Å². The summed E-state index contributed by atoms with van der Waals surface area (Å²) < 4.78 is 0. The number of benzene rings is 1. The van der Waals surface area contributed by atoms with Gasteiger partial charge in [-0.25, -0.2) is 0 Å². The van der Waals surface area contributed by atoms with E-state index in [1.807, 2.05) is 36.7 Å². The van der Waals surface area contributed by atoms with Gasteiger partial charge in [0.2, 0.25) is 5.91 Å². The van der Waals surface area contributed by atoms with Crippen LogP contribution in [0.1, 0.15) is 12.0 Å². The molecule has 4 nitrogen and oxygen atoms in total. The number of nitrogens with one attached hydrogen (secondary N) is 1. The van der Waals surface area contributed by atoms with Gasteiger partial charge in [0.15, 0.2) is 6.19 Å². The minimum atomic E-state index is -0.155. The van der Waals surface area contributed by atoms with E-state index in [4.69, 9.17) is 5.26 Å². The van der Waals surface area contributed by atoms with Gasteiger partial charge >= 0.3 is 0 Å². The number of hydrogen-bond acceptors (Lipinski definition) is 2. The normalized spacial score (nSPS) is 10.1. The molecule has 86 valence electrons. The van der Waals surface area contributed by atoms with Gasteiger partial charge in [-0.3, -0.25) is 9.69 Å². The summed E-state index contributed by atoms with van der Waals surface area (Å²) in [6.07, 6.45) is 4.73. The summed E-state index contributed by atoms with van der Waals surface area (Å²) in [6.45, 7) is 0. The average Bonchev–Trinajstić information content (AvgIpc) is 2.78. The highest BCUT2D eigenvalue weighted by atomic mass is 16.2. The molecule has 1 aromatic carbocycles. The molecule has 0 aliphatic heterocycles. The van der Waals surface area contributed by atoms with E-state index in [1.165, 1.54) is 7.05 Å². The number of aryl methyl sites for hydroxylation is 1. The molecular weight excluding hydrogens is 214 g/mol. The van der Waals surface area contributed by atoms with Crippen LogP contribution in [0.4, 0.5) is 0 Å². The average molecular weight is 227 g/mol. The van der Waals surface area contributed by atoms with E-state index >= 15 is 0 Å². The van der Waals surface area contributed by atoms with Crippen molar-refractivity contribution >= 4 is 16.8 Å². The molecule has 2 aromatic rings. The number of carbonyl (C=O) groups excluding carboxylic acids is 1. The van der Waals surface area contributed by atoms with Gasteiger partial charge in [-0.15, -0.1) is 0 Å². The van der Waals surface area contributed by atoms with E-state index in [-0.39, 0.29) is 5.91 Å². The monoisotopic (exact) mass is 227 g/mol. The highest BCUT2D eigenvalue weighted by Crippen LogP contribution is 2.19. The van der Waals surface area contributed by atoms with Crippen molar-refractivity contribution < 1.29 is 4.79 Å². The molecule has 17 heavy (non-hydrogen) atoms. The Morgan fingerprint density at radius 2 is 2.24 bits per heavy atom. The molecule has 0 radical (unpaired) electrons. The summed E-state index contributed by atoms with van der Waals surface area (Å²) in [5, 5.41) is 9.72. The molecule has 4 heteroatoms. The van der Waals surface area contributed by atoms with E-state index in [2.05, 4.69) is 4.98 Å². The Balaban J connectivity index is 2.10. The Morgan fingerprint density at radius 1 is 1.47 bits per heavy atom. The first kappa shape index (κ1) is 11.2. The van der Waals surface area contributed by atoms with Crippen molar-refractivity contribution in [2.24, 2.45) is 0 Å². The van der Waals surface area contributed by atoms with Crippen LogP contribution in [0.5, 0.6) is 0 Å². The van der Waals surface area contributed by atoms with E-state index in [9.17, 15) is 4.79 Å². The second kappa shape index (κ2) is 4.71. The lowest BCUT2D eigenvalue weighted by Gasteiger charge is -2.05. The van der Waals surface area contributed by atoms with Crippen LogP contribution >= 0.6 is 0 Å². The number of amides is 1. The summed E-state index contributed by atoms with van der Waals surface area (Å²) in [7, 11) is 1.48. The summed E-state index contributed by atoms with van der Waals surface area (Å²) in [5.74, 6) is -0.155. The molecule has 0 spiro atoms. The molecule has 0 atom stereocenters. The smallest absolute Gasteiger partial charge is 0.235 e. The van der Waals surface area contributed by atoms with Crippen molar-refractivity contribution in [3.63, 3.8) is 0 Å². The highest BCUT2D eigenvalue weighted by Gasteiger charge is 2.09. The van der Waals surface area contributed by atoms with Gasteiger partial charge in [-0.2, -0.15) is 5.26 Å². The van der Waals surface area contributed by atoms with E-state index in [0.717, 1.165) is 21.4 Å². The maximum absolute atomic E-state index is 11.5. The lowest BCUT2D eigenvalue weighted by Crippen LogP contribution is -2.21. The van der Waals surface area contributed by atoms with Gasteiger partial charge < -0.3 is 4.98 Å². The zero-order chi connectivity index (χ0) is 12.3. The lowest BCUT2D eigenvalue weighted by atomic mass is 10.1. The molecule has 1 heterocycles. The van der Waals surface area contributed by atoms with Crippen molar-refractivity contribution in [2.75, 3.05) is 7.05 Å². The summed E-state index contributed by atoms with van der Waals surface area (Å²) >= 11 is 0. The van der Waals surface area contributed by atoms with Gasteiger partial charge in [0.25, 0.3) is 0 Å². The molecule has 1 N–H and O–H groups in total. The Morgan fingerprint density at radius 3 is 3.00 bits per heavy atom. The maximum Gasteiger partial charge on any atom is 0.235 e. The number of nitrogens with zero attached hydrogens (tertiary/aromatic N) is 2. The van der Waals surface area contributed by atoms with Crippen molar-refractivity contribution in [1.82, 2.24) is 9.88 Å². The van der Waals surface area contributed by atoms with E-state index < -0.39 is 0 Å². The van der Waals surface area contributed by atoms with Gasteiger partial charge in [0.05, 0.1) is 0 Å². The minimum absolute atomic E-state index is 0.155. The SMILES string of the molecule is CN(C#N)C(=O)CCc1c[nH]c2ccccc12. The van der Waals surface area contributed by atoms with Crippen LogP contribution in [0, 0.1) is 11.5 Å². The van der Waals surface area contributed by atoms with Crippen LogP contribution in [0.2, 0.25) is 0 Å². The summed E-state index contributed by atoms with van der Waals surface area (Å²) in [6, 6.07) is 7.97. The fourth-order valence-electron chi connectivity index (χ4n) is 1.80. The summed E-state index contributed by atoms with van der Waals surface area (Å²) in [5.41, 5.74) is 2.18. The predicted octanol–water partition coefficient (Wildman–Crippen LogP) is 2.04. The molecule has 0 fully saturated rings. The van der Waals surface area contributed by atoms with Gasteiger partial charge in [-0.1, -0.05) is 18.2 Å². The molecule has 0 saturated heterocycles. The van der Waals surface area contributed by atoms with Crippen LogP contribution in [-0.2, 0) is 11.2 Å². The second-order valence-corrected chi connectivity index (χ2v) is 3.91. The lowest BCUT2D eigenvalue weighted by molar-refractivity contribution is -0.127. The Hall–Kier alpha value is -2.28. The topological polar surface area (TPSA) is 59.9 Å². The largest absolute Gasteiger partial charge is 0.361 e. The van der Waals surface area contributed by atoms with Gasteiger partial charge in [-0.05, 0) is 18.1 Å². The quantitative estimate of drug-likeness (QED) is 0.644. The minimum Gasteiger partial charge on any atom is -0.361 e. The number of rotatable bonds is 3. The number of aromatic nitrogens is 1. The summed E-state index contributed by atoms with van der Waals surface area (Å²) in [4.78, 5) is 15.7. The van der Waals surface area contributed by atoms with Crippen LogP contribution in [0.25, 0.3) is 10.9 Å². The van der Waals surface area contributed by atoms with Crippen LogP contribution in [-0.4, -0.2) is 22.8 Å². The molecule has 0 unspecified atom stereocenters. The molecule has 2 rings (SSSR count). The maximum atomic E-state index is 11.5. The zero-order valence-electron chi connectivity index (χ0n) is 9.60. The van der Waals surface area contributed by atoms with Crippen LogP contribution < -0.4 is 0 Å². The number of nitriles is 1. The first-order valence-corrected chi connectivity index (χ1v) is 5.43. The van der Waals surface area contributed by atoms with Crippen molar-refractivity contribution in [1.29, 1.82) is 5.26 Å². The number of hydrogen-bond donors (Lipinski definition) is 1. The molecule has 0 aliphatic rings. The molecule has 0 saturated carbocycles. The fourth-order valence-corrected chi connectivity index (χ4v) is 1.80. The Bertz CT molecular complexity index is 580. The first-order chi connectivity index (χ1) is 8.22. The zero-order valence-corrected chi connectivity index (χ0v) is 9.60. The molecule has 0 aliphatic carbocycles. The predicted molar refractivity (Wildman–Crippen MR) is 65.0 cm³/mol. The van der Waals surface area contributed by atoms with Crippen molar-refractivity contribution in [3.8, 4) is 6.19 Å². The Labute approximate surface area is 99.5 Å². The Kier molecular flexibility index (Phi) is 3.10. The third-order valence-corrected chi connectivity index (χ3v) is 2.81. The number of carbonyl (C=O) groups is 1. The van der Waals surface area contributed by atoms with E-state index in [1.54, 1.807) is 0 Å². The van der Waals surface area contributed by atoms with Crippen molar-refractivity contribution in [2.45, 2.75) is 12.8 Å². The number of H-pyrrole nitrogens is 1. The molecule has 1 aromatic heterocycles. The first-order valence-electron chi connectivity index (χ1n) is 5.43. The highest BCUT2D eigenvalue weighted by molar-refractivity contribution is 5.84. The number of para-hydroxylation sites is 1. The third kappa shape index (κ3) is 2.28. The number of fused-ring (bicyclic) bond motifs is 1. The van der Waals surface area contributed by atoms with Gasteiger partial charge in [0.1, 0.15) is 0 Å². The second-order valence-electron chi connectivity index (χ2n) is 3.91. The molecular formula is C13H13N3O. The van der Waals surface area contributed by atoms with Crippen LogP contribution in [0.15, 0.2) is 30.5 Å². The van der Waals surface area contributed by atoms with Crippen molar-refractivity contribution in [3.05, 3.63) is 36.0 Å². The number of aromatic amines is 1. The van der Waals surface area contributed by atoms with E-state index in [0.29, 0.717) is 12.8 Å². The molecule has 1 amide bonds.